The summed E-state index contributed by atoms with van der Waals surface area (Å²) in [6.45, 7) is -0.0783. The molecule has 0 fully saturated rings. The number of rotatable bonds is 1. The Morgan fingerprint density at radius 1 is 1.50 bits per heavy atom. The number of benzene rings is 1. The molecule has 0 saturated heterocycles. The minimum absolute atomic E-state index is 0.0204. The van der Waals surface area contributed by atoms with Crippen molar-refractivity contribution >= 4 is 23.3 Å². The maximum Gasteiger partial charge on any atom is 0.339 e. The number of halogens is 1. The summed E-state index contributed by atoms with van der Waals surface area (Å²) in [5.74, 6) is -0.542. The number of fused-ring (bicyclic) bond motifs is 1. The molecule has 0 unspecified atom stereocenters. The molecule has 1 heterocycles. The van der Waals surface area contributed by atoms with Crippen molar-refractivity contribution in [3.63, 3.8) is 0 Å². The lowest BCUT2D eigenvalue weighted by Crippen LogP contribution is -1.97. The third-order valence-electron chi connectivity index (χ3n) is 1.98. The minimum Gasteiger partial charge on any atom is -0.457 e. The first-order chi connectivity index (χ1) is 6.61. The molecule has 1 aromatic carbocycles. The van der Waals surface area contributed by atoms with E-state index < -0.39 is 10.9 Å². The molecule has 2 rings (SSSR count). The molecule has 0 N–H and O–H groups in total. The summed E-state index contributed by atoms with van der Waals surface area (Å²) < 4.78 is 4.67. The van der Waals surface area contributed by atoms with Crippen LogP contribution in [-0.2, 0) is 11.3 Å². The van der Waals surface area contributed by atoms with E-state index in [1.165, 1.54) is 12.1 Å². The smallest absolute Gasteiger partial charge is 0.339 e. The molecule has 0 radical (unpaired) electrons. The standard InChI is InChI=1S/C8H4ClNO4/c9-6-2-1-4-5(3-14-8(4)11)7(6)10(12)13/h1-2H,3H2. The number of nitro groups is 1. The predicted octanol–water partition coefficient (Wildman–Crippen LogP) is 1.92. The molecular weight excluding hydrogens is 210 g/mol. The van der Waals surface area contributed by atoms with Gasteiger partial charge in [-0.25, -0.2) is 4.79 Å². The van der Waals surface area contributed by atoms with Crippen LogP contribution in [0, 0.1) is 10.1 Å². The predicted molar refractivity (Wildman–Crippen MR) is 47.2 cm³/mol. The lowest BCUT2D eigenvalue weighted by Gasteiger charge is -1.98. The maximum atomic E-state index is 11.1. The zero-order valence-corrected chi connectivity index (χ0v) is 7.58. The Balaban J connectivity index is 2.71. The Labute approximate surface area is 83.4 Å². The zero-order chi connectivity index (χ0) is 10.3. The van der Waals surface area contributed by atoms with Crippen LogP contribution in [0.3, 0.4) is 0 Å². The molecule has 0 aromatic heterocycles. The summed E-state index contributed by atoms with van der Waals surface area (Å²) >= 11 is 5.64. The molecule has 0 saturated carbocycles. The Hall–Kier alpha value is -1.62. The van der Waals surface area contributed by atoms with Crippen LogP contribution < -0.4 is 0 Å². The molecule has 5 nitrogen and oxygen atoms in total. The monoisotopic (exact) mass is 213 g/mol. The number of hydrogen-bond acceptors (Lipinski definition) is 4. The van der Waals surface area contributed by atoms with Gasteiger partial charge in [-0.3, -0.25) is 10.1 Å². The normalized spacial score (nSPS) is 13.6. The Morgan fingerprint density at radius 3 is 2.86 bits per heavy atom. The number of ether oxygens (including phenoxy) is 1. The van der Waals surface area contributed by atoms with Gasteiger partial charge in [-0.05, 0) is 12.1 Å². The van der Waals surface area contributed by atoms with E-state index in [4.69, 9.17) is 11.6 Å². The van der Waals surface area contributed by atoms with Crippen molar-refractivity contribution in [2.75, 3.05) is 0 Å². The van der Waals surface area contributed by atoms with Gasteiger partial charge in [0.15, 0.2) is 0 Å². The SMILES string of the molecule is O=C1OCc2c1ccc(Cl)c2[N+](=O)[O-]. The van der Waals surface area contributed by atoms with Gasteiger partial charge in [0.1, 0.15) is 11.6 Å². The number of nitrogens with zero attached hydrogens (tertiary/aromatic N) is 1. The van der Waals surface area contributed by atoms with E-state index in [2.05, 4.69) is 4.74 Å². The van der Waals surface area contributed by atoms with Gasteiger partial charge >= 0.3 is 5.97 Å². The van der Waals surface area contributed by atoms with Gasteiger partial charge in [-0.15, -0.1) is 0 Å². The van der Waals surface area contributed by atoms with Crippen LogP contribution in [0.25, 0.3) is 0 Å². The summed E-state index contributed by atoms with van der Waals surface area (Å²) in [6.07, 6.45) is 0. The zero-order valence-electron chi connectivity index (χ0n) is 6.82. The third-order valence-corrected chi connectivity index (χ3v) is 2.29. The van der Waals surface area contributed by atoms with Crippen molar-refractivity contribution in [3.05, 3.63) is 38.4 Å². The number of esters is 1. The van der Waals surface area contributed by atoms with Crippen LogP contribution in [0.15, 0.2) is 12.1 Å². The lowest BCUT2D eigenvalue weighted by molar-refractivity contribution is -0.385. The van der Waals surface area contributed by atoms with E-state index in [1.807, 2.05) is 0 Å². The maximum absolute atomic E-state index is 11.1. The summed E-state index contributed by atoms with van der Waals surface area (Å²) in [5, 5.41) is 10.7. The highest BCUT2D eigenvalue weighted by Gasteiger charge is 2.31. The molecule has 1 aliphatic rings. The second-order valence-corrected chi connectivity index (χ2v) is 3.16. The number of cyclic esters (lactones) is 1. The van der Waals surface area contributed by atoms with E-state index in [0.29, 0.717) is 0 Å². The molecule has 0 spiro atoms. The second-order valence-electron chi connectivity index (χ2n) is 2.76. The van der Waals surface area contributed by atoms with Crippen LogP contribution in [0.1, 0.15) is 15.9 Å². The van der Waals surface area contributed by atoms with E-state index in [-0.39, 0.29) is 28.4 Å². The summed E-state index contributed by atoms with van der Waals surface area (Å²) in [4.78, 5) is 21.1. The van der Waals surface area contributed by atoms with Crippen LogP contribution in [0.4, 0.5) is 5.69 Å². The van der Waals surface area contributed by atoms with Crippen molar-refractivity contribution < 1.29 is 14.5 Å². The van der Waals surface area contributed by atoms with E-state index in [0.717, 1.165) is 0 Å². The molecule has 1 aliphatic heterocycles. The molecule has 1 aromatic rings. The molecule has 0 atom stereocenters. The van der Waals surface area contributed by atoms with Crippen LogP contribution in [0.2, 0.25) is 5.02 Å². The second kappa shape index (κ2) is 2.95. The van der Waals surface area contributed by atoms with Crippen molar-refractivity contribution in [1.82, 2.24) is 0 Å². The lowest BCUT2D eigenvalue weighted by atomic mass is 10.1. The number of nitro benzene ring substituents is 1. The van der Waals surface area contributed by atoms with Crippen molar-refractivity contribution in [3.8, 4) is 0 Å². The summed E-state index contributed by atoms with van der Waals surface area (Å²) in [5.41, 5.74) is 0.239. The van der Waals surface area contributed by atoms with E-state index in [9.17, 15) is 14.9 Å². The van der Waals surface area contributed by atoms with Gasteiger partial charge in [-0.1, -0.05) is 11.6 Å². The minimum atomic E-state index is -0.608. The highest BCUT2D eigenvalue weighted by Crippen LogP contribution is 2.34. The average molecular weight is 214 g/mol. The van der Waals surface area contributed by atoms with Crippen LogP contribution in [0.5, 0.6) is 0 Å². The van der Waals surface area contributed by atoms with Crippen molar-refractivity contribution in [2.24, 2.45) is 0 Å². The topological polar surface area (TPSA) is 69.4 Å². The third kappa shape index (κ3) is 1.13. The highest BCUT2D eigenvalue weighted by atomic mass is 35.5. The Kier molecular flexibility index (Phi) is 1.89. The fourth-order valence-corrected chi connectivity index (χ4v) is 1.60. The molecule has 0 aliphatic carbocycles. The fourth-order valence-electron chi connectivity index (χ4n) is 1.36. The number of carbonyl (C=O) groups excluding carboxylic acids is 1. The van der Waals surface area contributed by atoms with E-state index in [1.54, 1.807) is 0 Å². The summed E-state index contributed by atoms with van der Waals surface area (Å²) in [6, 6.07) is 2.76. The van der Waals surface area contributed by atoms with Crippen molar-refractivity contribution in [2.45, 2.75) is 6.61 Å². The van der Waals surface area contributed by atoms with Gasteiger partial charge in [-0.2, -0.15) is 0 Å². The van der Waals surface area contributed by atoms with Gasteiger partial charge in [0.2, 0.25) is 0 Å². The summed E-state index contributed by atoms with van der Waals surface area (Å²) in [7, 11) is 0. The first-order valence-corrected chi connectivity index (χ1v) is 4.12. The van der Waals surface area contributed by atoms with E-state index >= 15 is 0 Å². The first kappa shape index (κ1) is 8.96. The van der Waals surface area contributed by atoms with Gasteiger partial charge in [0.25, 0.3) is 5.69 Å². The van der Waals surface area contributed by atoms with Gasteiger partial charge in [0.05, 0.1) is 16.1 Å². The molecule has 6 heteroatoms. The molecule has 0 amide bonds. The van der Waals surface area contributed by atoms with Gasteiger partial charge < -0.3 is 4.74 Å². The Morgan fingerprint density at radius 2 is 2.21 bits per heavy atom. The van der Waals surface area contributed by atoms with Gasteiger partial charge in [0, 0.05) is 0 Å². The number of hydrogen-bond donors (Lipinski definition) is 0. The molecular formula is C8H4ClNO4. The average Bonchev–Trinajstić information content (AvgIpc) is 2.47. The fraction of sp³-hybridized carbons (Fsp3) is 0.125. The Bertz CT molecular complexity index is 443. The van der Waals surface area contributed by atoms with Crippen molar-refractivity contribution in [1.29, 1.82) is 0 Å². The molecule has 0 bridgehead atoms. The quantitative estimate of drug-likeness (QED) is 0.406. The number of carbonyl (C=O) groups is 1. The van der Waals surface area contributed by atoms with Crippen LogP contribution in [-0.4, -0.2) is 10.9 Å². The first-order valence-electron chi connectivity index (χ1n) is 3.74. The largest absolute Gasteiger partial charge is 0.457 e. The highest BCUT2D eigenvalue weighted by molar-refractivity contribution is 6.33. The molecule has 72 valence electrons. The van der Waals surface area contributed by atoms with Crippen LogP contribution >= 0.6 is 11.6 Å². The molecule has 14 heavy (non-hydrogen) atoms.